The van der Waals surface area contributed by atoms with Crippen molar-refractivity contribution in [1.82, 2.24) is 0 Å². The number of carbonyl (C=O) groups excluding carboxylic acids is 1. The summed E-state index contributed by atoms with van der Waals surface area (Å²) in [5, 5.41) is 4.13. The number of ether oxygens (including phenoxy) is 1. The van der Waals surface area contributed by atoms with Crippen molar-refractivity contribution in [3.63, 3.8) is 0 Å². The number of thioether (sulfide) groups is 1. The zero-order chi connectivity index (χ0) is 13.0. The lowest BCUT2D eigenvalue weighted by Gasteiger charge is -2.18. The largest absolute Gasteiger partial charge is 0.484 e. The van der Waals surface area contributed by atoms with Crippen molar-refractivity contribution in [2.75, 3.05) is 17.7 Å². The molecule has 0 aliphatic carbocycles. The molecule has 1 fully saturated rings. The third kappa shape index (κ3) is 3.57. The lowest BCUT2D eigenvalue weighted by molar-refractivity contribution is -0.119. The molecule has 1 aromatic rings. The number of primary amides is 1. The maximum atomic E-state index is 10.7. The summed E-state index contributed by atoms with van der Waals surface area (Å²) in [5.41, 5.74) is 6.07. The fourth-order valence-electron chi connectivity index (χ4n) is 1.97. The highest BCUT2D eigenvalue weighted by Gasteiger charge is 2.23. The Morgan fingerprint density at radius 3 is 3.11 bits per heavy atom. The molecule has 2 unspecified atom stereocenters. The molecule has 4 nitrogen and oxygen atoms in total. The van der Waals surface area contributed by atoms with Gasteiger partial charge in [-0.05, 0) is 24.3 Å². The lowest BCUT2D eigenvalue weighted by Crippen LogP contribution is -2.24. The molecule has 1 aromatic carbocycles. The zero-order valence-electron chi connectivity index (χ0n) is 10.4. The van der Waals surface area contributed by atoms with Crippen LogP contribution in [0.25, 0.3) is 0 Å². The molecular formula is C13H18N2O2S. The maximum absolute atomic E-state index is 10.7. The number of anilines is 1. The molecule has 0 bridgehead atoms. The van der Waals surface area contributed by atoms with Crippen LogP contribution in [0.5, 0.6) is 5.75 Å². The Hall–Kier alpha value is -1.36. The highest BCUT2D eigenvalue weighted by atomic mass is 32.2. The lowest BCUT2D eigenvalue weighted by atomic mass is 10.1. The summed E-state index contributed by atoms with van der Waals surface area (Å²) < 4.78 is 5.28. The van der Waals surface area contributed by atoms with Gasteiger partial charge in [0.25, 0.3) is 5.91 Å². The quantitative estimate of drug-likeness (QED) is 0.854. The average Bonchev–Trinajstić information content (AvgIpc) is 2.73. The fourth-order valence-corrected chi connectivity index (χ4v) is 3.16. The molecule has 5 heteroatoms. The minimum atomic E-state index is -0.464. The van der Waals surface area contributed by atoms with Crippen LogP contribution in [-0.4, -0.2) is 29.6 Å². The SMILES string of the molecule is CC1SCCC1Nc1cccc(OCC(N)=O)c1. The van der Waals surface area contributed by atoms with Gasteiger partial charge in [-0.3, -0.25) is 4.79 Å². The predicted octanol–water partition coefficient (Wildman–Crippen LogP) is 1.86. The molecule has 1 heterocycles. The van der Waals surface area contributed by atoms with E-state index in [1.807, 2.05) is 36.0 Å². The molecule has 0 spiro atoms. The average molecular weight is 266 g/mol. The normalized spacial score (nSPS) is 22.7. The highest BCUT2D eigenvalue weighted by molar-refractivity contribution is 8.00. The van der Waals surface area contributed by atoms with Crippen molar-refractivity contribution in [2.24, 2.45) is 5.73 Å². The number of nitrogens with one attached hydrogen (secondary N) is 1. The molecule has 1 saturated heterocycles. The summed E-state index contributed by atoms with van der Waals surface area (Å²) in [7, 11) is 0. The zero-order valence-corrected chi connectivity index (χ0v) is 11.2. The minimum absolute atomic E-state index is 0.0842. The summed E-state index contributed by atoms with van der Waals surface area (Å²) in [5.74, 6) is 1.41. The van der Waals surface area contributed by atoms with Crippen LogP contribution in [0.3, 0.4) is 0 Å². The predicted molar refractivity (Wildman–Crippen MR) is 75.1 cm³/mol. The number of rotatable bonds is 5. The Morgan fingerprint density at radius 2 is 2.44 bits per heavy atom. The number of carbonyl (C=O) groups is 1. The van der Waals surface area contributed by atoms with E-state index in [2.05, 4.69) is 12.2 Å². The van der Waals surface area contributed by atoms with E-state index in [0.29, 0.717) is 17.0 Å². The van der Waals surface area contributed by atoms with Crippen LogP contribution in [0.2, 0.25) is 0 Å². The van der Waals surface area contributed by atoms with Gasteiger partial charge in [-0.25, -0.2) is 0 Å². The maximum Gasteiger partial charge on any atom is 0.255 e. The standard InChI is InChI=1S/C13H18N2O2S/c1-9-12(5-6-18-9)15-10-3-2-4-11(7-10)17-8-13(14)16/h2-4,7,9,12,15H,5-6,8H2,1H3,(H2,14,16). The molecule has 98 valence electrons. The number of hydrogen-bond acceptors (Lipinski definition) is 4. The molecule has 0 aromatic heterocycles. The van der Waals surface area contributed by atoms with Crippen LogP contribution < -0.4 is 15.8 Å². The Bertz CT molecular complexity index is 425. The number of hydrogen-bond donors (Lipinski definition) is 2. The van der Waals surface area contributed by atoms with Crippen molar-refractivity contribution in [1.29, 1.82) is 0 Å². The molecule has 3 N–H and O–H groups in total. The van der Waals surface area contributed by atoms with Gasteiger partial charge >= 0.3 is 0 Å². The van der Waals surface area contributed by atoms with E-state index < -0.39 is 5.91 Å². The number of benzene rings is 1. The Balaban J connectivity index is 1.96. The molecule has 1 aliphatic heterocycles. The van der Waals surface area contributed by atoms with E-state index >= 15 is 0 Å². The van der Waals surface area contributed by atoms with E-state index in [9.17, 15) is 4.79 Å². The summed E-state index contributed by atoms with van der Waals surface area (Å²) in [6.07, 6.45) is 1.18. The van der Waals surface area contributed by atoms with Gasteiger partial charge in [0, 0.05) is 23.0 Å². The topological polar surface area (TPSA) is 64.3 Å². The highest BCUT2D eigenvalue weighted by Crippen LogP contribution is 2.29. The molecule has 2 rings (SSSR count). The van der Waals surface area contributed by atoms with Crippen LogP contribution in [-0.2, 0) is 4.79 Å². The van der Waals surface area contributed by atoms with Gasteiger partial charge < -0.3 is 15.8 Å². The Morgan fingerprint density at radius 1 is 1.61 bits per heavy atom. The third-order valence-electron chi connectivity index (χ3n) is 2.94. The summed E-state index contributed by atoms with van der Waals surface area (Å²) in [6, 6.07) is 8.14. The fraction of sp³-hybridized carbons (Fsp3) is 0.462. The van der Waals surface area contributed by atoms with E-state index in [1.165, 1.54) is 12.2 Å². The van der Waals surface area contributed by atoms with Crippen molar-refractivity contribution in [2.45, 2.75) is 24.6 Å². The molecular weight excluding hydrogens is 248 g/mol. The van der Waals surface area contributed by atoms with Gasteiger partial charge in [0.1, 0.15) is 5.75 Å². The summed E-state index contributed by atoms with van der Waals surface area (Å²) in [6.45, 7) is 2.15. The second-order valence-electron chi connectivity index (χ2n) is 4.40. The van der Waals surface area contributed by atoms with Gasteiger partial charge in [-0.2, -0.15) is 11.8 Å². The van der Waals surface area contributed by atoms with Crippen LogP contribution in [0.1, 0.15) is 13.3 Å². The van der Waals surface area contributed by atoms with E-state index in [-0.39, 0.29) is 6.61 Å². The summed E-state index contributed by atoms with van der Waals surface area (Å²) >= 11 is 1.99. The second-order valence-corrected chi connectivity index (χ2v) is 5.88. The molecule has 2 atom stereocenters. The van der Waals surface area contributed by atoms with E-state index in [1.54, 1.807) is 0 Å². The monoisotopic (exact) mass is 266 g/mol. The smallest absolute Gasteiger partial charge is 0.255 e. The van der Waals surface area contributed by atoms with Gasteiger partial charge in [0.2, 0.25) is 0 Å². The first-order valence-corrected chi connectivity index (χ1v) is 7.09. The van der Waals surface area contributed by atoms with Crippen LogP contribution in [0.4, 0.5) is 5.69 Å². The molecule has 0 radical (unpaired) electrons. The van der Waals surface area contributed by atoms with Gasteiger partial charge in [-0.15, -0.1) is 0 Å². The Labute approximate surface area is 111 Å². The van der Waals surface area contributed by atoms with Crippen molar-refractivity contribution in [3.05, 3.63) is 24.3 Å². The van der Waals surface area contributed by atoms with Gasteiger partial charge in [0.05, 0.1) is 0 Å². The van der Waals surface area contributed by atoms with E-state index in [0.717, 1.165) is 5.69 Å². The van der Waals surface area contributed by atoms with Crippen LogP contribution >= 0.6 is 11.8 Å². The number of amides is 1. The second kappa shape index (κ2) is 6.00. The third-order valence-corrected chi connectivity index (χ3v) is 4.27. The summed E-state index contributed by atoms with van der Waals surface area (Å²) in [4.78, 5) is 10.7. The molecule has 0 saturated carbocycles. The van der Waals surface area contributed by atoms with Gasteiger partial charge in [-0.1, -0.05) is 13.0 Å². The molecule has 1 amide bonds. The van der Waals surface area contributed by atoms with Gasteiger partial charge in [0.15, 0.2) is 6.61 Å². The van der Waals surface area contributed by atoms with Crippen molar-refractivity contribution in [3.8, 4) is 5.75 Å². The minimum Gasteiger partial charge on any atom is -0.484 e. The first-order valence-electron chi connectivity index (χ1n) is 6.04. The molecule has 18 heavy (non-hydrogen) atoms. The van der Waals surface area contributed by atoms with E-state index in [4.69, 9.17) is 10.5 Å². The molecule has 1 aliphatic rings. The van der Waals surface area contributed by atoms with Crippen molar-refractivity contribution >= 4 is 23.4 Å². The van der Waals surface area contributed by atoms with Crippen LogP contribution in [0.15, 0.2) is 24.3 Å². The first kappa shape index (κ1) is 13.1. The first-order chi connectivity index (χ1) is 8.65. The van der Waals surface area contributed by atoms with Crippen LogP contribution in [0, 0.1) is 0 Å². The van der Waals surface area contributed by atoms with Crippen molar-refractivity contribution < 1.29 is 9.53 Å². The Kier molecular flexibility index (Phi) is 4.36. The number of nitrogens with two attached hydrogens (primary N) is 1.